The Hall–Kier alpha value is 0. The molecule has 0 heteroatoms. The minimum absolute atomic E-state index is 0.464. The lowest BCUT2D eigenvalue weighted by Crippen LogP contribution is -2.33. The van der Waals surface area contributed by atoms with Gasteiger partial charge in [-0.3, -0.25) is 0 Å². The van der Waals surface area contributed by atoms with Gasteiger partial charge < -0.3 is 0 Å². The van der Waals surface area contributed by atoms with Crippen LogP contribution in [-0.4, -0.2) is 0 Å². The maximum absolute atomic E-state index is 2.46. The predicted molar refractivity (Wildman–Crippen MR) is 71.1 cm³/mol. The maximum Gasteiger partial charge on any atom is -0.0311 e. The zero-order valence-corrected chi connectivity index (χ0v) is 12.1. The lowest BCUT2D eigenvalue weighted by Gasteiger charge is -2.41. The van der Waals surface area contributed by atoms with Crippen molar-refractivity contribution in [2.75, 3.05) is 0 Å². The molecule has 0 aliphatic carbocycles. The monoisotopic (exact) mass is 212 g/mol. The molecule has 0 fully saturated rings. The molecule has 0 amide bonds. The molecular formula is C15H32. The summed E-state index contributed by atoms with van der Waals surface area (Å²) >= 11 is 0. The van der Waals surface area contributed by atoms with Gasteiger partial charge in [0.05, 0.1) is 0 Å². The predicted octanol–water partition coefficient (Wildman–Crippen LogP) is 5.52. The van der Waals surface area contributed by atoms with E-state index in [1.807, 2.05) is 0 Å². The van der Waals surface area contributed by atoms with Gasteiger partial charge in [0, 0.05) is 0 Å². The van der Waals surface area contributed by atoms with Crippen LogP contribution in [0.4, 0.5) is 0 Å². The van der Waals surface area contributed by atoms with E-state index in [1.54, 1.807) is 0 Å². The second-order valence-corrected chi connectivity index (χ2v) is 6.23. The van der Waals surface area contributed by atoms with E-state index < -0.39 is 0 Å². The Morgan fingerprint density at radius 1 is 0.933 bits per heavy atom. The summed E-state index contributed by atoms with van der Waals surface area (Å²) in [5.74, 6) is 2.67. The Labute approximate surface area is 97.8 Å². The van der Waals surface area contributed by atoms with Crippen LogP contribution in [0, 0.1) is 23.2 Å². The van der Waals surface area contributed by atoms with Crippen molar-refractivity contribution >= 4 is 0 Å². The molecule has 0 rings (SSSR count). The van der Waals surface area contributed by atoms with Crippen molar-refractivity contribution < 1.29 is 0 Å². The first-order chi connectivity index (χ1) is 6.88. The molecule has 0 aromatic rings. The summed E-state index contributed by atoms with van der Waals surface area (Å²) in [6.45, 7) is 16.7. The fourth-order valence-electron chi connectivity index (χ4n) is 3.46. The molecule has 2 atom stereocenters. The van der Waals surface area contributed by atoms with Gasteiger partial charge in [0.1, 0.15) is 0 Å². The van der Waals surface area contributed by atoms with Gasteiger partial charge in [-0.2, -0.15) is 0 Å². The van der Waals surface area contributed by atoms with Crippen LogP contribution < -0.4 is 0 Å². The van der Waals surface area contributed by atoms with Crippen LogP contribution in [0.25, 0.3) is 0 Å². The molecule has 0 bridgehead atoms. The van der Waals surface area contributed by atoms with Crippen LogP contribution in [0.3, 0.4) is 0 Å². The van der Waals surface area contributed by atoms with Crippen LogP contribution >= 0.6 is 0 Å². The van der Waals surface area contributed by atoms with E-state index in [0.29, 0.717) is 5.41 Å². The number of hydrogen-bond acceptors (Lipinski definition) is 0. The summed E-state index contributed by atoms with van der Waals surface area (Å²) in [4.78, 5) is 0. The lowest BCUT2D eigenvalue weighted by atomic mass is 9.65. The molecule has 0 radical (unpaired) electrons. The third-order valence-corrected chi connectivity index (χ3v) is 3.91. The molecule has 0 N–H and O–H groups in total. The fourth-order valence-corrected chi connectivity index (χ4v) is 3.46. The van der Waals surface area contributed by atoms with Gasteiger partial charge in [-0.05, 0) is 23.2 Å². The topological polar surface area (TPSA) is 0 Å². The number of rotatable bonds is 6. The molecule has 2 unspecified atom stereocenters. The average Bonchev–Trinajstić information content (AvgIpc) is 2.11. The van der Waals surface area contributed by atoms with Gasteiger partial charge in [-0.25, -0.2) is 0 Å². The van der Waals surface area contributed by atoms with Gasteiger partial charge in [-0.15, -0.1) is 0 Å². The van der Waals surface area contributed by atoms with Crippen molar-refractivity contribution in [3.8, 4) is 0 Å². The van der Waals surface area contributed by atoms with Gasteiger partial charge in [0.15, 0.2) is 0 Å². The normalized spacial score (nSPS) is 16.8. The standard InChI is InChI=1S/C15H32/c1-8-11-12(4)14(15(5,6)7)13(9-2)10-3/h12-14H,8-11H2,1-7H3. The van der Waals surface area contributed by atoms with Crippen LogP contribution in [0.1, 0.15) is 74.1 Å². The van der Waals surface area contributed by atoms with Crippen LogP contribution in [-0.2, 0) is 0 Å². The highest BCUT2D eigenvalue weighted by Gasteiger charge is 2.33. The Kier molecular flexibility index (Phi) is 6.55. The average molecular weight is 212 g/mol. The van der Waals surface area contributed by atoms with E-state index in [0.717, 1.165) is 17.8 Å². The highest BCUT2D eigenvalue weighted by molar-refractivity contribution is 4.83. The van der Waals surface area contributed by atoms with Crippen molar-refractivity contribution in [3.63, 3.8) is 0 Å². The molecule has 0 saturated carbocycles. The SMILES string of the molecule is CCCC(C)C(C(CC)CC)C(C)(C)C. The first kappa shape index (κ1) is 15.0. The third kappa shape index (κ3) is 4.57. The summed E-state index contributed by atoms with van der Waals surface area (Å²) in [5, 5.41) is 0. The molecule has 0 spiro atoms. The summed E-state index contributed by atoms with van der Waals surface area (Å²) in [7, 11) is 0. The summed E-state index contributed by atoms with van der Waals surface area (Å²) in [6, 6.07) is 0. The van der Waals surface area contributed by atoms with Crippen molar-refractivity contribution in [1.82, 2.24) is 0 Å². The van der Waals surface area contributed by atoms with E-state index >= 15 is 0 Å². The van der Waals surface area contributed by atoms with E-state index in [2.05, 4.69) is 48.5 Å². The molecule has 0 aliphatic heterocycles. The smallest absolute Gasteiger partial charge is 0.0311 e. The molecule has 0 saturated heterocycles. The van der Waals surface area contributed by atoms with Crippen molar-refractivity contribution in [3.05, 3.63) is 0 Å². The highest BCUT2D eigenvalue weighted by atomic mass is 14.4. The Morgan fingerprint density at radius 2 is 1.40 bits per heavy atom. The van der Waals surface area contributed by atoms with Crippen molar-refractivity contribution in [2.45, 2.75) is 74.1 Å². The second-order valence-electron chi connectivity index (χ2n) is 6.23. The maximum atomic E-state index is 2.46. The minimum Gasteiger partial charge on any atom is -0.0654 e. The minimum atomic E-state index is 0.464. The van der Waals surface area contributed by atoms with Crippen molar-refractivity contribution in [2.24, 2.45) is 23.2 Å². The first-order valence-corrected chi connectivity index (χ1v) is 6.88. The van der Waals surface area contributed by atoms with Gasteiger partial charge in [0.25, 0.3) is 0 Å². The van der Waals surface area contributed by atoms with Crippen LogP contribution in [0.15, 0.2) is 0 Å². The molecule has 0 heterocycles. The molecular weight excluding hydrogens is 180 g/mol. The fraction of sp³-hybridized carbons (Fsp3) is 1.00. The molecule has 15 heavy (non-hydrogen) atoms. The van der Waals surface area contributed by atoms with Gasteiger partial charge in [-0.1, -0.05) is 74.1 Å². The highest BCUT2D eigenvalue weighted by Crippen LogP contribution is 2.42. The van der Waals surface area contributed by atoms with Crippen LogP contribution in [0.5, 0.6) is 0 Å². The molecule has 0 aromatic heterocycles. The second kappa shape index (κ2) is 6.55. The summed E-state index contributed by atoms with van der Waals surface area (Å²) < 4.78 is 0. The molecule has 0 aliphatic rings. The Morgan fingerprint density at radius 3 is 1.67 bits per heavy atom. The lowest BCUT2D eigenvalue weighted by molar-refractivity contribution is 0.0857. The molecule has 92 valence electrons. The Balaban J connectivity index is 4.71. The van der Waals surface area contributed by atoms with E-state index in [-0.39, 0.29) is 0 Å². The van der Waals surface area contributed by atoms with E-state index in [1.165, 1.54) is 25.7 Å². The van der Waals surface area contributed by atoms with Gasteiger partial charge >= 0.3 is 0 Å². The first-order valence-electron chi connectivity index (χ1n) is 6.88. The molecule has 0 aromatic carbocycles. The largest absolute Gasteiger partial charge is 0.0654 e. The van der Waals surface area contributed by atoms with E-state index in [4.69, 9.17) is 0 Å². The number of hydrogen-bond donors (Lipinski definition) is 0. The van der Waals surface area contributed by atoms with Crippen molar-refractivity contribution in [1.29, 1.82) is 0 Å². The van der Waals surface area contributed by atoms with E-state index in [9.17, 15) is 0 Å². The summed E-state index contributed by atoms with van der Waals surface area (Å²) in [6.07, 6.45) is 5.39. The summed E-state index contributed by atoms with van der Waals surface area (Å²) in [5.41, 5.74) is 0.464. The Bertz CT molecular complexity index is 148. The van der Waals surface area contributed by atoms with Crippen LogP contribution in [0.2, 0.25) is 0 Å². The quantitative estimate of drug-likeness (QED) is 0.543. The van der Waals surface area contributed by atoms with Gasteiger partial charge in [0.2, 0.25) is 0 Å². The zero-order valence-electron chi connectivity index (χ0n) is 12.1. The molecule has 0 nitrogen and oxygen atoms in total. The third-order valence-electron chi connectivity index (χ3n) is 3.91. The zero-order chi connectivity index (χ0) is 12.1.